The van der Waals surface area contributed by atoms with Gasteiger partial charge in [0.2, 0.25) is 0 Å². The number of rotatable bonds is 3. The largest absolute Gasteiger partial charge is 0.489 e. The van der Waals surface area contributed by atoms with Crippen LogP contribution in [-0.4, -0.2) is 19.0 Å². The monoisotopic (exact) mass is 298 g/mol. The Hall–Kier alpha value is -1.36. The van der Waals surface area contributed by atoms with E-state index in [0.717, 1.165) is 5.57 Å². The highest BCUT2D eigenvalue weighted by atomic mass is 79.9. The van der Waals surface area contributed by atoms with Gasteiger partial charge in [-0.15, -0.1) is 0 Å². The fourth-order valence-corrected chi connectivity index (χ4v) is 1.82. The van der Waals surface area contributed by atoms with Crippen LogP contribution in [0.1, 0.15) is 6.92 Å². The summed E-state index contributed by atoms with van der Waals surface area (Å²) in [6.45, 7) is 2.31. The van der Waals surface area contributed by atoms with Crippen LogP contribution < -0.4 is 10.1 Å². The molecule has 90 valence electrons. The summed E-state index contributed by atoms with van der Waals surface area (Å²) in [6.07, 6.45) is 3.71. The standard InChI is InChI=1S/C12H12BrFN2O/c1-8-15-5-9(6-16-8)7-17-12-3-10(13)2-11(14)4-12/h2-6,8,15H,7H2,1H3. The van der Waals surface area contributed by atoms with E-state index < -0.39 is 0 Å². The molecule has 0 fully saturated rings. The lowest BCUT2D eigenvalue weighted by molar-refractivity contribution is 0.354. The van der Waals surface area contributed by atoms with Crippen LogP contribution in [0.15, 0.2) is 39.4 Å². The van der Waals surface area contributed by atoms with Crippen LogP contribution in [-0.2, 0) is 0 Å². The Labute approximate surface area is 108 Å². The predicted molar refractivity (Wildman–Crippen MR) is 68.8 cm³/mol. The minimum Gasteiger partial charge on any atom is -0.489 e. The molecule has 1 N–H and O–H groups in total. The van der Waals surface area contributed by atoms with E-state index in [4.69, 9.17) is 4.74 Å². The van der Waals surface area contributed by atoms with Crippen LogP contribution in [0, 0.1) is 5.82 Å². The molecular weight excluding hydrogens is 287 g/mol. The van der Waals surface area contributed by atoms with Crippen LogP contribution in [0.4, 0.5) is 4.39 Å². The molecule has 0 aromatic heterocycles. The number of hydrogen-bond acceptors (Lipinski definition) is 3. The average molecular weight is 299 g/mol. The molecule has 0 saturated carbocycles. The van der Waals surface area contributed by atoms with Crippen molar-refractivity contribution in [2.24, 2.45) is 4.99 Å². The van der Waals surface area contributed by atoms with Crippen molar-refractivity contribution in [3.8, 4) is 5.75 Å². The molecule has 0 bridgehead atoms. The molecule has 1 aromatic carbocycles. The summed E-state index contributed by atoms with van der Waals surface area (Å²) in [4.78, 5) is 4.19. The lowest BCUT2D eigenvalue weighted by atomic mass is 10.3. The van der Waals surface area contributed by atoms with Crippen LogP contribution in [0.5, 0.6) is 5.75 Å². The van der Waals surface area contributed by atoms with Gasteiger partial charge >= 0.3 is 0 Å². The van der Waals surface area contributed by atoms with Crippen molar-refractivity contribution < 1.29 is 9.13 Å². The summed E-state index contributed by atoms with van der Waals surface area (Å²) >= 11 is 3.21. The van der Waals surface area contributed by atoms with Crippen molar-refractivity contribution in [1.29, 1.82) is 0 Å². The van der Waals surface area contributed by atoms with Crippen LogP contribution in [0.3, 0.4) is 0 Å². The molecule has 1 aliphatic heterocycles. The van der Waals surface area contributed by atoms with Gasteiger partial charge in [-0.25, -0.2) is 4.39 Å². The first kappa shape index (κ1) is 12.1. The second kappa shape index (κ2) is 5.31. The van der Waals surface area contributed by atoms with E-state index in [1.165, 1.54) is 12.1 Å². The van der Waals surface area contributed by atoms with Crippen molar-refractivity contribution in [3.63, 3.8) is 0 Å². The van der Waals surface area contributed by atoms with Gasteiger partial charge in [0.25, 0.3) is 0 Å². The van der Waals surface area contributed by atoms with Crippen molar-refractivity contribution in [3.05, 3.63) is 40.3 Å². The van der Waals surface area contributed by atoms with E-state index in [1.807, 2.05) is 13.1 Å². The third-order valence-electron chi connectivity index (χ3n) is 2.22. The number of aliphatic imine (C=N–C) groups is 1. The zero-order valence-corrected chi connectivity index (χ0v) is 10.9. The van der Waals surface area contributed by atoms with Gasteiger partial charge in [0.05, 0.1) is 0 Å². The molecule has 1 unspecified atom stereocenters. The second-order valence-electron chi connectivity index (χ2n) is 3.73. The maximum atomic E-state index is 13.1. The normalized spacial score (nSPS) is 18.5. The first-order chi connectivity index (χ1) is 8.13. The highest BCUT2D eigenvalue weighted by Crippen LogP contribution is 2.20. The van der Waals surface area contributed by atoms with E-state index in [2.05, 4.69) is 26.2 Å². The molecule has 17 heavy (non-hydrogen) atoms. The molecule has 5 heteroatoms. The number of ether oxygens (including phenoxy) is 1. The molecule has 0 aliphatic carbocycles. The minimum absolute atomic E-state index is 0.0991. The SMILES string of the molecule is CC1N=CC(COc2cc(F)cc(Br)c2)=CN1. The Morgan fingerprint density at radius 2 is 2.29 bits per heavy atom. The number of nitrogens with zero attached hydrogens (tertiary/aromatic N) is 1. The summed E-state index contributed by atoms with van der Waals surface area (Å²) in [5.74, 6) is 0.164. The average Bonchev–Trinajstić information content (AvgIpc) is 2.27. The maximum absolute atomic E-state index is 13.1. The predicted octanol–water partition coefficient (Wildman–Crippen LogP) is 2.87. The fourth-order valence-electron chi connectivity index (χ4n) is 1.37. The highest BCUT2D eigenvalue weighted by molar-refractivity contribution is 9.10. The van der Waals surface area contributed by atoms with Crippen molar-refractivity contribution in [1.82, 2.24) is 5.32 Å². The van der Waals surface area contributed by atoms with Crippen molar-refractivity contribution in [2.45, 2.75) is 13.1 Å². The van der Waals surface area contributed by atoms with Crippen LogP contribution in [0.2, 0.25) is 0 Å². The van der Waals surface area contributed by atoms with Crippen molar-refractivity contribution in [2.75, 3.05) is 6.61 Å². The summed E-state index contributed by atoms with van der Waals surface area (Å²) in [6, 6.07) is 4.46. The van der Waals surface area contributed by atoms with Crippen LogP contribution >= 0.6 is 15.9 Å². The Morgan fingerprint density at radius 3 is 2.94 bits per heavy atom. The minimum atomic E-state index is -0.326. The Morgan fingerprint density at radius 1 is 1.47 bits per heavy atom. The first-order valence-corrected chi connectivity index (χ1v) is 6.00. The van der Waals surface area contributed by atoms with E-state index in [1.54, 1.807) is 12.3 Å². The quantitative estimate of drug-likeness (QED) is 0.931. The smallest absolute Gasteiger partial charge is 0.128 e. The molecule has 3 nitrogen and oxygen atoms in total. The van der Waals surface area contributed by atoms with E-state index >= 15 is 0 Å². The molecular formula is C12H12BrFN2O. The zero-order valence-electron chi connectivity index (χ0n) is 9.28. The molecule has 0 saturated heterocycles. The van der Waals surface area contributed by atoms with Gasteiger partial charge in [-0.1, -0.05) is 15.9 Å². The molecule has 1 aromatic rings. The Kier molecular flexibility index (Phi) is 3.78. The van der Waals surface area contributed by atoms with Gasteiger partial charge in [-0.3, -0.25) is 4.99 Å². The topological polar surface area (TPSA) is 33.6 Å². The lowest BCUT2D eigenvalue weighted by Crippen LogP contribution is -2.24. The molecule has 0 spiro atoms. The summed E-state index contributed by atoms with van der Waals surface area (Å²) in [5.41, 5.74) is 0.920. The fraction of sp³-hybridized carbons (Fsp3) is 0.250. The van der Waals surface area contributed by atoms with Gasteiger partial charge in [0.1, 0.15) is 24.3 Å². The number of benzene rings is 1. The van der Waals surface area contributed by atoms with E-state index in [9.17, 15) is 4.39 Å². The molecule has 2 rings (SSSR count). The highest BCUT2D eigenvalue weighted by Gasteiger charge is 2.05. The van der Waals surface area contributed by atoms with E-state index in [0.29, 0.717) is 16.8 Å². The van der Waals surface area contributed by atoms with E-state index in [-0.39, 0.29) is 12.0 Å². The van der Waals surface area contributed by atoms with Crippen LogP contribution in [0.25, 0.3) is 0 Å². The first-order valence-electron chi connectivity index (χ1n) is 5.20. The van der Waals surface area contributed by atoms with Gasteiger partial charge in [-0.2, -0.15) is 0 Å². The number of nitrogens with one attached hydrogen (secondary N) is 1. The number of hydrogen-bond donors (Lipinski definition) is 1. The Balaban J connectivity index is 1.96. The van der Waals surface area contributed by atoms with Gasteiger partial charge in [0.15, 0.2) is 0 Å². The molecule has 0 radical (unpaired) electrons. The van der Waals surface area contributed by atoms with Gasteiger partial charge < -0.3 is 10.1 Å². The summed E-state index contributed by atoms with van der Waals surface area (Å²) in [5, 5.41) is 3.07. The van der Waals surface area contributed by atoms with Crippen molar-refractivity contribution >= 4 is 22.1 Å². The summed E-state index contributed by atoms with van der Waals surface area (Å²) < 4.78 is 19.2. The second-order valence-corrected chi connectivity index (χ2v) is 4.65. The lowest BCUT2D eigenvalue weighted by Gasteiger charge is -2.14. The number of halogens is 2. The summed E-state index contributed by atoms with van der Waals surface area (Å²) in [7, 11) is 0. The molecule has 1 heterocycles. The third-order valence-corrected chi connectivity index (χ3v) is 2.67. The van der Waals surface area contributed by atoms with Gasteiger partial charge in [-0.05, 0) is 19.1 Å². The molecule has 1 atom stereocenters. The van der Waals surface area contributed by atoms with Gasteiger partial charge in [0, 0.05) is 28.5 Å². The molecule has 1 aliphatic rings. The Bertz CT molecular complexity index is 453. The molecule has 0 amide bonds. The third kappa shape index (κ3) is 3.56. The zero-order chi connectivity index (χ0) is 12.3. The maximum Gasteiger partial charge on any atom is 0.128 e.